The van der Waals surface area contributed by atoms with Crippen LogP contribution < -0.4 is 0 Å². The van der Waals surface area contributed by atoms with Crippen molar-refractivity contribution in [2.45, 2.75) is 0 Å². The Labute approximate surface area is 401 Å². The highest BCUT2D eigenvalue weighted by atomic mass is 15.0. The molecule has 0 saturated heterocycles. The first-order valence-electron chi connectivity index (χ1n) is 24.1. The molecule has 1 aliphatic rings. The van der Waals surface area contributed by atoms with Gasteiger partial charge in [0, 0.05) is 54.5 Å². The van der Waals surface area contributed by atoms with E-state index >= 15 is 0 Å². The van der Waals surface area contributed by atoms with Gasteiger partial charge in [0.15, 0.2) is 5.82 Å². The molecule has 16 rings (SSSR count). The monoisotopic (exact) mass is 886 g/mol. The van der Waals surface area contributed by atoms with Crippen molar-refractivity contribution in [2.75, 3.05) is 0 Å². The predicted octanol–water partition coefficient (Wildman–Crippen LogP) is 17.4. The van der Waals surface area contributed by atoms with Gasteiger partial charge in [0.05, 0.1) is 39.0 Å². The van der Waals surface area contributed by atoms with E-state index < -0.39 is 0 Å². The van der Waals surface area contributed by atoms with Gasteiger partial charge in [-0.25, -0.2) is 9.97 Å². The van der Waals surface area contributed by atoms with Crippen LogP contribution in [0.3, 0.4) is 0 Å². The minimum absolute atomic E-state index is 0.711. The van der Waals surface area contributed by atoms with Crippen molar-refractivity contribution >= 4 is 97.6 Å². The molecule has 0 bridgehead atoms. The van der Waals surface area contributed by atoms with Crippen molar-refractivity contribution in [3.05, 3.63) is 231 Å². The number of para-hydroxylation sites is 3. The van der Waals surface area contributed by atoms with Crippen LogP contribution in [-0.2, 0) is 0 Å². The van der Waals surface area contributed by atoms with Gasteiger partial charge >= 0.3 is 0 Å². The molecule has 1 aliphatic carbocycles. The van der Waals surface area contributed by atoms with Crippen LogP contribution in [-0.4, -0.2) is 19.1 Å². The topological polar surface area (TPSA) is 35.6 Å². The minimum Gasteiger partial charge on any atom is -0.309 e. The quantitative estimate of drug-likeness (QED) is 0.176. The number of fused-ring (bicyclic) bond motifs is 14. The Morgan fingerprint density at radius 3 is 1.74 bits per heavy atom. The summed E-state index contributed by atoms with van der Waals surface area (Å²) in [6, 6.07) is 84.4. The van der Waals surface area contributed by atoms with Gasteiger partial charge in [-0.3, -0.25) is 0 Å². The molecule has 0 fully saturated rings. The Hall–Kier alpha value is -9.38. The highest BCUT2D eigenvalue weighted by molar-refractivity contribution is 6.21. The molecule has 322 valence electrons. The van der Waals surface area contributed by atoms with Crippen LogP contribution in [0, 0.1) is 0 Å². The van der Waals surface area contributed by atoms with Gasteiger partial charge in [0.2, 0.25) is 0 Å². The molecule has 0 unspecified atom stereocenters. The molecule has 0 radical (unpaired) electrons. The molecule has 4 nitrogen and oxygen atoms in total. The third kappa shape index (κ3) is 5.14. The molecule has 12 aromatic carbocycles. The summed E-state index contributed by atoms with van der Waals surface area (Å²) in [5, 5.41) is 15.6. The Bertz CT molecular complexity index is 4750. The second-order valence-electron chi connectivity index (χ2n) is 18.8. The highest BCUT2D eigenvalue weighted by Gasteiger charge is 2.25. The molecule has 0 atom stereocenters. The van der Waals surface area contributed by atoms with Gasteiger partial charge in [-0.1, -0.05) is 176 Å². The summed E-state index contributed by atoms with van der Waals surface area (Å²) in [5.41, 5.74) is 16.2. The maximum Gasteiger partial charge on any atom is 0.161 e. The van der Waals surface area contributed by atoms with Crippen LogP contribution in [0.4, 0.5) is 0 Å². The van der Waals surface area contributed by atoms with Gasteiger partial charge in [-0.2, -0.15) is 0 Å². The Kier molecular flexibility index (Phi) is 7.58. The van der Waals surface area contributed by atoms with Crippen LogP contribution in [0.15, 0.2) is 231 Å². The van der Waals surface area contributed by atoms with Gasteiger partial charge < -0.3 is 9.13 Å². The van der Waals surface area contributed by atoms with E-state index in [9.17, 15) is 0 Å². The van der Waals surface area contributed by atoms with Crippen molar-refractivity contribution in [1.82, 2.24) is 19.1 Å². The largest absolute Gasteiger partial charge is 0.309 e. The fourth-order valence-electron chi connectivity index (χ4n) is 12.2. The van der Waals surface area contributed by atoms with E-state index in [0.29, 0.717) is 5.82 Å². The van der Waals surface area contributed by atoms with Gasteiger partial charge in [-0.05, 0) is 109 Å². The number of aromatic nitrogens is 4. The fraction of sp³-hybridized carbons (Fsp3) is 0. The summed E-state index contributed by atoms with van der Waals surface area (Å²) in [6.45, 7) is 0. The highest BCUT2D eigenvalue weighted by Crippen LogP contribution is 2.50. The van der Waals surface area contributed by atoms with Crippen LogP contribution >= 0.6 is 0 Å². The Balaban J connectivity index is 0.883. The Morgan fingerprint density at radius 1 is 0.286 bits per heavy atom. The first-order chi connectivity index (χ1) is 34.7. The summed E-state index contributed by atoms with van der Waals surface area (Å²) in [4.78, 5) is 10.9. The molecular formula is C66H38N4. The maximum atomic E-state index is 5.55. The zero-order valence-electron chi connectivity index (χ0n) is 37.7. The first kappa shape index (κ1) is 37.7. The predicted molar refractivity (Wildman–Crippen MR) is 294 cm³/mol. The molecular weight excluding hydrogens is 849 g/mol. The molecule has 0 saturated carbocycles. The van der Waals surface area contributed by atoms with E-state index in [1.165, 1.54) is 98.2 Å². The molecule has 0 N–H and O–H groups in total. The van der Waals surface area contributed by atoms with Crippen LogP contribution in [0.2, 0.25) is 0 Å². The summed E-state index contributed by atoms with van der Waals surface area (Å²) < 4.78 is 4.92. The number of rotatable bonds is 4. The summed E-state index contributed by atoms with van der Waals surface area (Å²) >= 11 is 0. The van der Waals surface area contributed by atoms with Crippen molar-refractivity contribution in [1.29, 1.82) is 0 Å². The van der Waals surface area contributed by atoms with Crippen molar-refractivity contribution in [2.24, 2.45) is 0 Å². The summed E-state index contributed by atoms with van der Waals surface area (Å²) in [5.74, 6) is 0.711. The smallest absolute Gasteiger partial charge is 0.161 e. The van der Waals surface area contributed by atoms with Crippen molar-refractivity contribution in [3.63, 3.8) is 0 Å². The fourth-order valence-corrected chi connectivity index (χ4v) is 12.2. The van der Waals surface area contributed by atoms with Crippen LogP contribution in [0.25, 0.3) is 154 Å². The molecule has 0 spiro atoms. The number of nitrogens with zero attached hydrogens (tertiary/aromatic N) is 4. The average Bonchev–Trinajstić information content (AvgIpc) is 4.06. The first-order valence-corrected chi connectivity index (χ1v) is 24.1. The van der Waals surface area contributed by atoms with E-state index in [1.807, 2.05) is 0 Å². The van der Waals surface area contributed by atoms with Gasteiger partial charge in [0.1, 0.15) is 0 Å². The van der Waals surface area contributed by atoms with E-state index in [2.05, 4.69) is 240 Å². The summed E-state index contributed by atoms with van der Waals surface area (Å²) in [6.07, 6.45) is 0. The number of hydrogen-bond acceptors (Lipinski definition) is 2. The molecule has 0 amide bonds. The van der Waals surface area contributed by atoms with E-state index in [1.54, 1.807) is 0 Å². The zero-order valence-corrected chi connectivity index (χ0v) is 37.7. The lowest BCUT2D eigenvalue weighted by atomic mass is 9.95. The summed E-state index contributed by atoms with van der Waals surface area (Å²) in [7, 11) is 0. The lowest BCUT2D eigenvalue weighted by molar-refractivity contribution is 1.19. The van der Waals surface area contributed by atoms with Crippen LogP contribution in [0.1, 0.15) is 0 Å². The van der Waals surface area contributed by atoms with Crippen molar-refractivity contribution < 1.29 is 0 Å². The molecule has 0 aliphatic heterocycles. The number of benzene rings is 12. The van der Waals surface area contributed by atoms with E-state index in [-0.39, 0.29) is 0 Å². The van der Waals surface area contributed by atoms with E-state index in [0.717, 1.165) is 49.9 Å². The standard InChI is InChI=1S/C66H38N4/c1-2-15-43-39(14-1)29-31-54-48-20-8-11-26-59(48)69(65(43)54)42-30-28-40-38-62-57(37-41(40)36-42)49-21-9-12-27-60(49)70(62)61-35-34-55(46-18-5-6-19-47(46)61)66-67-58-25-10-7-22-56(58)64(68-66)53-33-32-52-45-17-4-3-16-44(45)50-23-13-24-51(53)63(50)52/h1-38H. The lowest BCUT2D eigenvalue weighted by Crippen LogP contribution is -1.99. The van der Waals surface area contributed by atoms with Gasteiger partial charge in [-0.15, -0.1) is 0 Å². The molecule has 3 aromatic heterocycles. The van der Waals surface area contributed by atoms with Crippen molar-refractivity contribution in [3.8, 4) is 56.3 Å². The third-order valence-corrected chi connectivity index (χ3v) is 15.2. The normalized spacial score (nSPS) is 12.3. The molecule has 4 heteroatoms. The third-order valence-electron chi connectivity index (χ3n) is 15.2. The number of hydrogen-bond donors (Lipinski definition) is 0. The maximum absolute atomic E-state index is 5.55. The second kappa shape index (κ2) is 14.1. The van der Waals surface area contributed by atoms with E-state index in [4.69, 9.17) is 9.97 Å². The molecule has 15 aromatic rings. The Morgan fingerprint density at radius 2 is 0.900 bits per heavy atom. The molecule has 3 heterocycles. The SMILES string of the molecule is c1ccc2c(c1)-c1cccc3c(-c4nc(-c5ccc(-n6c7ccccc7c7cc8cc(-n9c%10ccccc%10c%10ccc%11ccccc%11c%109)ccc8cc76)c6ccccc56)nc5ccccc45)ccc-2c13. The lowest BCUT2D eigenvalue weighted by Gasteiger charge is -2.16. The second-order valence-corrected chi connectivity index (χ2v) is 18.8. The average molecular weight is 887 g/mol. The molecule has 70 heavy (non-hydrogen) atoms. The minimum atomic E-state index is 0.711. The van der Waals surface area contributed by atoms with Crippen LogP contribution in [0.5, 0.6) is 0 Å². The zero-order chi connectivity index (χ0) is 45.6. The van der Waals surface area contributed by atoms with Gasteiger partial charge in [0.25, 0.3) is 0 Å².